The van der Waals surface area contributed by atoms with Crippen LogP contribution in [-0.4, -0.2) is 23.3 Å². The normalized spacial score (nSPS) is 16.3. The molecule has 100 valence electrons. The monoisotopic (exact) mass is 259 g/mol. The number of nitrogens with two attached hydrogens (primary N) is 1. The fourth-order valence-electron chi connectivity index (χ4n) is 2.14. The van der Waals surface area contributed by atoms with Crippen molar-refractivity contribution in [3.8, 4) is 17.1 Å². The number of para-hydroxylation sites is 1. The Morgan fingerprint density at radius 1 is 1.37 bits per heavy atom. The van der Waals surface area contributed by atoms with Gasteiger partial charge < -0.3 is 15.0 Å². The van der Waals surface area contributed by atoms with Gasteiger partial charge in [0.2, 0.25) is 11.7 Å². The highest BCUT2D eigenvalue weighted by Gasteiger charge is 2.48. The summed E-state index contributed by atoms with van der Waals surface area (Å²) in [6.07, 6.45) is 2.05. The molecule has 1 aromatic heterocycles. The van der Waals surface area contributed by atoms with Gasteiger partial charge in [0, 0.05) is 6.54 Å². The van der Waals surface area contributed by atoms with Gasteiger partial charge in [-0.3, -0.25) is 0 Å². The molecule has 5 nitrogen and oxygen atoms in total. The molecule has 5 heteroatoms. The number of nitrogens with zero attached hydrogens (tertiary/aromatic N) is 2. The molecule has 0 atom stereocenters. The molecule has 0 bridgehead atoms. The highest BCUT2D eigenvalue weighted by molar-refractivity contribution is 5.63. The third-order valence-electron chi connectivity index (χ3n) is 3.55. The van der Waals surface area contributed by atoms with E-state index in [0.29, 0.717) is 24.9 Å². The first-order chi connectivity index (χ1) is 9.29. The van der Waals surface area contributed by atoms with Crippen molar-refractivity contribution in [1.82, 2.24) is 10.1 Å². The predicted molar refractivity (Wildman–Crippen MR) is 70.9 cm³/mol. The molecule has 1 aromatic carbocycles. The lowest BCUT2D eigenvalue weighted by Gasteiger charge is -2.06. The zero-order valence-corrected chi connectivity index (χ0v) is 10.9. The molecule has 1 saturated carbocycles. The Kier molecular flexibility index (Phi) is 2.98. The largest absolute Gasteiger partial charge is 0.493 e. The molecule has 1 heterocycles. The number of rotatable bonds is 5. The summed E-state index contributed by atoms with van der Waals surface area (Å²) in [4.78, 5) is 4.49. The van der Waals surface area contributed by atoms with Crippen molar-refractivity contribution in [3.63, 3.8) is 0 Å². The van der Waals surface area contributed by atoms with Gasteiger partial charge in [0.05, 0.1) is 17.6 Å². The molecule has 0 spiro atoms. The summed E-state index contributed by atoms with van der Waals surface area (Å²) in [7, 11) is 0. The van der Waals surface area contributed by atoms with Gasteiger partial charge in [-0.25, -0.2) is 0 Å². The number of hydrogen-bond acceptors (Lipinski definition) is 5. The fraction of sp³-hybridized carbons (Fsp3) is 0.429. The van der Waals surface area contributed by atoms with E-state index in [1.54, 1.807) is 0 Å². The van der Waals surface area contributed by atoms with Crippen LogP contribution in [-0.2, 0) is 5.41 Å². The Bertz CT molecular complexity index is 576. The molecule has 2 N–H and O–H groups in total. The van der Waals surface area contributed by atoms with Crippen molar-refractivity contribution in [2.75, 3.05) is 13.2 Å². The van der Waals surface area contributed by atoms with Crippen LogP contribution in [0, 0.1) is 0 Å². The van der Waals surface area contributed by atoms with Gasteiger partial charge in [-0.15, -0.1) is 0 Å². The number of benzene rings is 1. The molecule has 0 saturated heterocycles. The van der Waals surface area contributed by atoms with Crippen molar-refractivity contribution >= 4 is 0 Å². The Morgan fingerprint density at radius 3 is 2.84 bits per heavy atom. The van der Waals surface area contributed by atoms with E-state index < -0.39 is 0 Å². The maximum Gasteiger partial charge on any atom is 0.234 e. The summed E-state index contributed by atoms with van der Waals surface area (Å²) in [5, 5.41) is 4.06. The van der Waals surface area contributed by atoms with Crippen LogP contribution in [0.3, 0.4) is 0 Å². The molecule has 0 unspecified atom stereocenters. The van der Waals surface area contributed by atoms with E-state index in [0.717, 1.165) is 24.2 Å². The number of hydrogen-bond donors (Lipinski definition) is 1. The van der Waals surface area contributed by atoms with Crippen LogP contribution in [0.1, 0.15) is 25.7 Å². The zero-order chi connectivity index (χ0) is 13.3. The summed E-state index contributed by atoms with van der Waals surface area (Å²) in [6.45, 7) is 3.11. The summed E-state index contributed by atoms with van der Waals surface area (Å²) < 4.78 is 11.0. The van der Waals surface area contributed by atoms with E-state index >= 15 is 0 Å². The van der Waals surface area contributed by atoms with Gasteiger partial charge >= 0.3 is 0 Å². The molecular weight excluding hydrogens is 242 g/mol. The summed E-state index contributed by atoms with van der Waals surface area (Å²) in [6, 6.07) is 7.70. The quantitative estimate of drug-likeness (QED) is 0.890. The van der Waals surface area contributed by atoms with E-state index in [1.165, 1.54) is 0 Å². The second kappa shape index (κ2) is 4.66. The third kappa shape index (κ3) is 2.10. The standard InChI is InChI=1S/C14H17N3O2/c1-2-18-11-6-4-3-5-10(11)12-16-13(19-17-12)14(9-15)7-8-14/h3-6H,2,7-9,15H2,1H3. The maximum absolute atomic E-state index is 5.77. The van der Waals surface area contributed by atoms with Crippen molar-refractivity contribution < 1.29 is 9.26 Å². The van der Waals surface area contributed by atoms with Crippen LogP contribution in [0.2, 0.25) is 0 Å². The minimum absolute atomic E-state index is 0.0776. The van der Waals surface area contributed by atoms with Crippen LogP contribution in [0.4, 0.5) is 0 Å². The van der Waals surface area contributed by atoms with Gasteiger partial charge in [-0.05, 0) is 31.9 Å². The Labute approximate surface area is 111 Å². The highest BCUT2D eigenvalue weighted by atomic mass is 16.5. The maximum atomic E-state index is 5.77. The predicted octanol–water partition coefficient (Wildman–Crippen LogP) is 2.13. The summed E-state index contributed by atoms with van der Waals surface area (Å²) in [5.74, 6) is 1.99. The lowest BCUT2D eigenvalue weighted by molar-refractivity contribution is 0.339. The molecule has 0 aliphatic heterocycles. The topological polar surface area (TPSA) is 74.2 Å². The average Bonchev–Trinajstić information content (AvgIpc) is 3.10. The van der Waals surface area contributed by atoms with Crippen LogP contribution >= 0.6 is 0 Å². The lowest BCUT2D eigenvalue weighted by atomic mass is 10.1. The smallest absolute Gasteiger partial charge is 0.234 e. The molecule has 1 aliphatic rings. The molecule has 19 heavy (non-hydrogen) atoms. The molecule has 2 aromatic rings. The second-order valence-electron chi connectivity index (χ2n) is 4.84. The molecule has 0 radical (unpaired) electrons. The molecule has 1 aliphatic carbocycles. The summed E-state index contributed by atoms with van der Waals surface area (Å²) >= 11 is 0. The third-order valence-corrected chi connectivity index (χ3v) is 3.55. The van der Waals surface area contributed by atoms with Crippen LogP contribution in [0.25, 0.3) is 11.4 Å². The summed E-state index contributed by atoms with van der Waals surface area (Å²) in [5.41, 5.74) is 6.55. The van der Waals surface area contributed by atoms with E-state index in [-0.39, 0.29) is 5.41 Å². The Morgan fingerprint density at radius 2 is 2.16 bits per heavy atom. The van der Waals surface area contributed by atoms with E-state index in [1.807, 2.05) is 31.2 Å². The molecule has 0 amide bonds. The molecular formula is C14H17N3O2. The van der Waals surface area contributed by atoms with Crippen LogP contribution in [0.5, 0.6) is 5.75 Å². The second-order valence-corrected chi connectivity index (χ2v) is 4.84. The average molecular weight is 259 g/mol. The first-order valence-corrected chi connectivity index (χ1v) is 6.55. The van der Waals surface area contributed by atoms with Crippen molar-refractivity contribution in [2.45, 2.75) is 25.2 Å². The Balaban J connectivity index is 1.95. The highest BCUT2D eigenvalue weighted by Crippen LogP contribution is 2.46. The fourth-order valence-corrected chi connectivity index (χ4v) is 2.14. The molecule has 1 fully saturated rings. The number of aromatic nitrogens is 2. The van der Waals surface area contributed by atoms with Gasteiger partial charge in [0.1, 0.15) is 5.75 Å². The van der Waals surface area contributed by atoms with Crippen molar-refractivity contribution in [1.29, 1.82) is 0 Å². The van der Waals surface area contributed by atoms with E-state index in [2.05, 4.69) is 10.1 Å². The minimum Gasteiger partial charge on any atom is -0.493 e. The molecule has 3 rings (SSSR count). The van der Waals surface area contributed by atoms with E-state index in [9.17, 15) is 0 Å². The van der Waals surface area contributed by atoms with Gasteiger partial charge in [0.25, 0.3) is 0 Å². The first-order valence-electron chi connectivity index (χ1n) is 6.55. The van der Waals surface area contributed by atoms with Crippen LogP contribution < -0.4 is 10.5 Å². The van der Waals surface area contributed by atoms with Crippen LogP contribution in [0.15, 0.2) is 28.8 Å². The van der Waals surface area contributed by atoms with E-state index in [4.69, 9.17) is 15.0 Å². The first kappa shape index (κ1) is 12.2. The van der Waals surface area contributed by atoms with Gasteiger partial charge in [0.15, 0.2) is 0 Å². The minimum atomic E-state index is -0.0776. The lowest BCUT2D eigenvalue weighted by Crippen LogP contribution is -2.19. The van der Waals surface area contributed by atoms with Crippen molar-refractivity contribution in [3.05, 3.63) is 30.2 Å². The van der Waals surface area contributed by atoms with Crippen molar-refractivity contribution in [2.24, 2.45) is 5.73 Å². The van der Waals surface area contributed by atoms with Gasteiger partial charge in [-0.2, -0.15) is 4.98 Å². The van der Waals surface area contributed by atoms with Gasteiger partial charge in [-0.1, -0.05) is 17.3 Å². The zero-order valence-electron chi connectivity index (χ0n) is 10.9. The number of ether oxygens (including phenoxy) is 1. The SMILES string of the molecule is CCOc1ccccc1-c1noc(C2(CN)CC2)n1. The Hall–Kier alpha value is -1.88.